The number of methoxy groups -OCH3 is 2. The molecule has 1 aromatic heterocycles. The first kappa shape index (κ1) is 13.0. The Balaban J connectivity index is 2.60. The fraction of sp³-hybridized carbons (Fsp3) is 0.600. The Morgan fingerprint density at radius 3 is 2.81 bits per heavy atom. The van der Waals surface area contributed by atoms with Crippen molar-refractivity contribution in [1.29, 1.82) is 0 Å². The van der Waals surface area contributed by atoms with Crippen LogP contribution in [-0.4, -0.2) is 42.7 Å². The predicted molar refractivity (Wildman–Crippen MR) is 63.3 cm³/mol. The molecule has 1 unspecified atom stereocenters. The molecule has 16 heavy (non-hydrogen) atoms. The van der Waals surface area contributed by atoms with Gasteiger partial charge in [0.05, 0.1) is 24.7 Å². The van der Waals surface area contributed by atoms with E-state index < -0.39 is 0 Å². The van der Waals surface area contributed by atoms with Gasteiger partial charge in [-0.1, -0.05) is 0 Å². The van der Waals surface area contributed by atoms with E-state index in [0.717, 1.165) is 11.4 Å². The molecule has 1 atom stereocenters. The Kier molecular flexibility index (Phi) is 5.28. The van der Waals surface area contributed by atoms with Gasteiger partial charge in [0.1, 0.15) is 12.1 Å². The molecule has 5 nitrogen and oxygen atoms in total. The highest BCUT2D eigenvalue weighted by atomic mass is 35.5. The monoisotopic (exact) mass is 245 g/mol. The average molecular weight is 246 g/mol. The molecule has 90 valence electrons. The van der Waals surface area contributed by atoms with E-state index in [0.29, 0.717) is 19.0 Å². The van der Waals surface area contributed by atoms with E-state index in [4.69, 9.17) is 21.1 Å². The van der Waals surface area contributed by atoms with E-state index in [2.05, 4.69) is 15.3 Å². The third-order valence-corrected chi connectivity index (χ3v) is 2.35. The van der Waals surface area contributed by atoms with Crippen LogP contribution in [0.4, 0.5) is 5.82 Å². The van der Waals surface area contributed by atoms with Gasteiger partial charge in [-0.05, 0) is 6.92 Å². The van der Waals surface area contributed by atoms with Crippen LogP contribution in [0.3, 0.4) is 0 Å². The molecule has 1 heterocycles. The van der Waals surface area contributed by atoms with Crippen LogP contribution in [0.2, 0.25) is 0 Å². The molecule has 0 spiro atoms. The van der Waals surface area contributed by atoms with Crippen LogP contribution in [0, 0.1) is 6.92 Å². The topological polar surface area (TPSA) is 56.3 Å². The van der Waals surface area contributed by atoms with Crippen molar-refractivity contribution in [1.82, 2.24) is 9.97 Å². The molecule has 0 saturated carbocycles. The first-order chi connectivity index (χ1) is 7.69. The van der Waals surface area contributed by atoms with Gasteiger partial charge in [-0.25, -0.2) is 9.97 Å². The van der Waals surface area contributed by atoms with Crippen LogP contribution in [-0.2, 0) is 4.74 Å². The van der Waals surface area contributed by atoms with Crippen LogP contribution in [0.15, 0.2) is 6.33 Å². The summed E-state index contributed by atoms with van der Waals surface area (Å²) in [6.07, 6.45) is 1.45. The number of ether oxygens (including phenoxy) is 2. The smallest absolute Gasteiger partial charge is 0.221 e. The second kappa shape index (κ2) is 6.50. The number of nitrogens with one attached hydrogen (secondary N) is 1. The zero-order chi connectivity index (χ0) is 12.0. The standard InChI is InChI=1S/C10H16ClN3O2/c1-7-9(12-4-8(11)5-15-2)13-6-14-10(7)16-3/h6,8H,4-5H2,1-3H3,(H,12,13,14). The summed E-state index contributed by atoms with van der Waals surface area (Å²) in [5.41, 5.74) is 0.867. The summed E-state index contributed by atoms with van der Waals surface area (Å²) in [7, 11) is 3.20. The third-order valence-electron chi connectivity index (χ3n) is 2.07. The molecular formula is C10H16ClN3O2. The van der Waals surface area contributed by atoms with E-state index >= 15 is 0 Å². The Bertz CT molecular complexity index is 336. The molecule has 0 aliphatic carbocycles. The number of hydrogen-bond acceptors (Lipinski definition) is 5. The van der Waals surface area contributed by atoms with Gasteiger partial charge in [0, 0.05) is 13.7 Å². The summed E-state index contributed by atoms with van der Waals surface area (Å²) in [6, 6.07) is 0. The molecule has 1 rings (SSSR count). The molecule has 0 aliphatic heterocycles. The van der Waals surface area contributed by atoms with Gasteiger partial charge in [0.2, 0.25) is 5.88 Å². The van der Waals surface area contributed by atoms with Crippen LogP contribution in [0.1, 0.15) is 5.56 Å². The van der Waals surface area contributed by atoms with Crippen molar-refractivity contribution in [2.24, 2.45) is 0 Å². The fourth-order valence-corrected chi connectivity index (χ4v) is 1.47. The molecule has 0 saturated heterocycles. The lowest BCUT2D eigenvalue weighted by molar-refractivity contribution is 0.200. The summed E-state index contributed by atoms with van der Waals surface area (Å²) in [5, 5.41) is 3.04. The lowest BCUT2D eigenvalue weighted by Crippen LogP contribution is -2.20. The molecule has 0 aliphatic rings. The fourth-order valence-electron chi connectivity index (χ4n) is 1.27. The van der Waals surface area contributed by atoms with E-state index in [9.17, 15) is 0 Å². The highest BCUT2D eigenvalue weighted by molar-refractivity contribution is 6.21. The van der Waals surface area contributed by atoms with Gasteiger partial charge >= 0.3 is 0 Å². The summed E-state index contributed by atoms with van der Waals surface area (Å²) >= 11 is 5.99. The van der Waals surface area contributed by atoms with E-state index in [1.165, 1.54) is 6.33 Å². The van der Waals surface area contributed by atoms with Crippen molar-refractivity contribution in [2.75, 3.05) is 32.7 Å². The van der Waals surface area contributed by atoms with Crippen molar-refractivity contribution in [2.45, 2.75) is 12.3 Å². The van der Waals surface area contributed by atoms with Crippen molar-refractivity contribution in [3.05, 3.63) is 11.9 Å². The largest absolute Gasteiger partial charge is 0.481 e. The van der Waals surface area contributed by atoms with E-state index in [1.807, 2.05) is 6.92 Å². The predicted octanol–water partition coefficient (Wildman–Crippen LogP) is 1.46. The first-order valence-electron chi connectivity index (χ1n) is 4.91. The lowest BCUT2D eigenvalue weighted by Gasteiger charge is -2.12. The van der Waals surface area contributed by atoms with Gasteiger partial charge in [0.15, 0.2) is 0 Å². The number of halogens is 1. The van der Waals surface area contributed by atoms with Gasteiger partial charge in [-0.3, -0.25) is 0 Å². The molecule has 1 aromatic rings. The van der Waals surface area contributed by atoms with Crippen LogP contribution in [0.25, 0.3) is 0 Å². The maximum absolute atomic E-state index is 5.99. The average Bonchev–Trinajstić information content (AvgIpc) is 2.28. The number of nitrogens with zero attached hydrogens (tertiary/aromatic N) is 2. The third kappa shape index (κ3) is 3.50. The van der Waals surface area contributed by atoms with Crippen molar-refractivity contribution >= 4 is 17.4 Å². The summed E-state index contributed by atoms with van der Waals surface area (Å²) in [5.74, 6) is 1.30. The Morgan fingerprint density at radius 2 is 2.19 bits per heavy atom. The maximum Gasteiger partial charge on any atom is 0.221 e. The molecule has 0 fully saturated rings. The quantitative estimate of drug-likeness (QED) is 0.769. The number of rotatable bonds is 6. The minimum Gasteiger partial charge on any atom is -0.481 e. The molecule has 0 radical (unpaired) electrons. The van der Waals surface area contributed by atoms with Gasteiger partial charge < -0.3 is 14.8 Å². The second-order valence-corrected chi connectivity index (χ2v) is 3.91. The highest BCUT2D eigenvalue weighted by Crippen LogP contribution is 2.19. The Morgan fingerprint density at radius 1 is 1.44 bits per heavy atom. The number of anilines is 1. The van der Waals surface area contributed by atoms with E-state index in [-0.39, 0.29) is 5.38 Å². The van der Waals surface area contributed by atoms with Crippen molar-refractivity contribution in [3.63, 3.8) is 0 Å². The Hall–Kier alpha value is -1.07. The maximum atomic E-state index is 5.99. The zero-order valence-electron chi connectivity index (χ0n) is 9.66. The van der Waals surface area contributed by atoms with Crippen LogP contribution >= 0.6 is 11.6 Å². The van der Waals surface area contributed by atoms with Gasteiger partial charge in [-0.2, -0.15) is 0 Å². The summed E-state index contributed by atoms with van der Waals surface area (Å²) in [4.78, 5) is 8.11. The molecular weight excluding hydrogens is 230 g/mol. The van der Waals surface area contributed by atoms with Crippen molar-refractivity contribution in [3.8, 4) is 5.88 Å². The number of hydrogen-bond donors (Lipinski definition) is 1. The minimum atomic E-state index is -0.0923. The molecule has 0 aromatic carbocycles. The molecule has 6 heteroatoms. The number of aromatic nitrogens is 2. The van der Waals surface area contributed by atoms with Gasteiger partial charge in [-0.15, -0.1) is 11.6 Å². The van der Waals surface area contributed by atoms with E-state index in [1.54, 1.807) is 14.2 Å². The summed E-state index contributed by atoms with van der Waals surface area (Å²) < 4.78 is 10.0. The summed E-state index contributed by atoms with van der Waals surface area (Å²) in [6.45, 7) is 2.97. The zero-order valence-corrected chi connectivity index (χ0v) is 10.4. The normalized spacial score (nSPS) is 12.2. The Labute approximate surface area is 100 Å². The second-order valence-electron chi connectivity index (χ2n) is 3.29. The molecule has 1 N–H and O–H groups in total. The van der Waals surface area contributed by atoms with Crippen LogP contribution < -0.4 is 10.1 Å². The SMILES string of the molecule is COCC(Cl)CNc1ncnc(OC)c1C. The van der Waals surface area contributed by atoms with Crippen molar-refractivity contribution < 1.29 is 9.47 Å². The molecule has 0 amide bonds. The minimum absolute atomic E-state index is 0.0923. The molecule has 0 bridgehead atoms. The number of alkyl halides is 1. The first-order valence-corrected chi connectivity index (χ1v) is 5.35. The van der Waals surface area contributed by atoms with Gasteiger partial charge in [0.25, 0.3) is 0 Å². The lowest BCUT2D eigenvalue weighted by atomic mass is 10.3. The highest BCUT2D eigenvalue weighted by Gasteiger charge is 2.09. The van der Waals surface area contributed by atoms with Crippen LogP contribution in [0.5, 0.6) is 5.88 Å².